The number of benzene rings is 3. The van der Waals surface area contributed by atoms with Gasteiger partial charge in [0.2, 0.25) is 0 Å². The Morgan fingerprint density at radius 1 is 1.04 bits per heavy atom. The second-order valence-corrected chi connectivity index (χ2v) is 6.58. The van der Waals surface area contributed by atoms with Gasteiger partial charge in [-0.3, -0.25) is 4.79 Å². The Labute approximate surface area is 168 Å². The zero-order valence-corrected chi connectivity index (χ0v) is 16.3. The van der Waals surface area contributed by atoms with E-state index in [4.69, 9.17) is 21.1 Å². The van der Waals surface area contributed by atoms with Gasteiger partial charge >= 0.3 is 5.97 Å². The zero-order valence-electron chi connectivity index (χ0n) is 15.6. The molecule has 0 fully saturated rings. The van der Waals surface area contributed by atoms with Gasteiger partial charge in [-0.1, -0.05) is 41.9 Å². The van der Waals surface area contributed by atoms with Crippen LogP contribution in [0.2, 0.25) is 5.02 Å². The number of amides is 1. The molecule has 0 saturated heterocycles. The molecule has 28 heavy (non-hydrogen) atoms. The summed E-state index contributed by atoms with van der Waals surface area (Å²) >= 11 is 6.18. The molecule has 0 radical (unpaired) electrons. The molecule has 1 N–H and O–H groups in total. The molecule has 5 nitrogen and oxygen atoms in total. The third-order valence-corrected chi connectivity index (χ3v) is 4.45. The van der Waals surface area contributed by atoms with E-state index in [9.17, 15) is 9.59 Å². The molecule has 6 heteroatoms. The number of anilines is 1. The molecule has 144 valence electrons. The number of hydrogen-bond donors (Lipinski definition) is 1. The van der Waals surface area contributed by atoms with Crippen molar-refractivity contribution in [2.75, 3.05) is 11.9 Å². The molecule has 0 heterocycles. The van der Waals surface area contributed by atoms with Gasteiger partial charge in [-0.15, -0.1) is 0 Å². The lowest BCUT2D eigenvalue weighted by atomic mass is 10.1. The van der Waals surface area contributed by atoms with Crippen molar-refractivity contribution in [3.63, 3.8) is 0 Å². The fraction of sp³-hybridized carbons (Fsp3) is 0.182. The van der Waals surface area contributed by atoms with Gasteiger partial charge in [0.15, 0.2) is 6.10 Å². The van der Waals surface area contributed by atoms with E-state index in [0.717, 1.165) is 10.8 Å². The molecular weight excluding hydrogens is 378 g/mol. The molecule has 3 rings (SSSR count). The van der Waals surface area contributed by atoms with Crippen LogP contribution in [0.15, 0.2) is 60.7 Å². The van der Waals surface area contributed by atoms with Gasteiger partial charge in [-0.05, 0) is 55.0 Å². The second kappa shape index (κ2) is 8.76. The topological polar surface area (TPSA) is 64.6 Å². The lowest BCUT2D eigenvalue weighted by Crippen LogP contribution is -2.30. The van der Waals surface area contributed by atoms with Crippen molar-refractivity contribution in [2.24, 2.45) is 0 Å². The third-order valence-electron chi connectivity index (χ3n) is 4.14. The SMILES string of the molecule is CCOC(=O)c1ccc(NC(=O)[C@@H](C)Oc2ccc3ccccc3c2)c(Cl)c1. The Bertz CT molecular complexity index is 1020. The van der Waals surface area contributed by atoms with Crippen molar-refractivity contribution in [2.45, 2.75) is 20.0 Å². The summed E-state index contributed by atoms with van der Waals surface area (Å²) in [7, 11) is 0. The van der Waals surface area contributed by atoms with Crippen LogP contribution in [-0.2, 0) is 9.53 Å². The number of halogens is 1. The molecule has 0 aliphatic heterocycles. The summed E-state index contributed by atoms with van der Waals surface area (Å²) in [6, 6.07) is 18.1. The molecule has 0 aliphatic carbocycles. The van der Waals surface area contributed by atoms with Gasteiger partial charge in [0.05, 0.1) is 22.9 Å². The second-order valence-electron chi connectivity index (χ2n) is 6.17. The monoisotopic (exact) mass is 397 g/mol. The van der Waals surface area contributed by atoms with Crippen molar-refractivity contribution in [3.05, 3.63) is 71.2 Å². The average Bonchev–Trinajstić information content (AvgIpc) is 2.69. The largest absolute Gasteiger partial charge is 0.481 e. The lowest BCUT2D eigenvalue weighted by molar-refractivity contribution is -0.122. The van der Waals surface area contributed by atoms with Crippen LogP contribution in [0.3, 0.4) is 0 Å². The first-order valence-corrected chi connectivity index (χ1v) is 9.28. The molecule has 1 amide bonds. The Balaban J connectivity index is 1.67. The standard InChI is InChI=1S/C22H20ClNO4/c1-3-27-22(26)17-9-11-20(19(23)13-17)24-21(25)14(2)28-18-10-8-15-6-4-5-7-16(15)12-18/h4-14H,3H2,1-2H3,(H,24,25)/t14-/m1/s1. The fourth-order valence-electron chi connectivity index (χ4n) is 2.69. The van der Waals surface area contributed by atoms with E-state index in [1.54, 1.807) is 26.0 Å². The summed E-state index contributed by atoms with van der Waals surface area (Å²) in [5, 5.41) is 5.09. The number of esters is 1. The normalized spacial score (nSPS) is 11.7. The first-order valence-electron chi connectivity index (χ1n) is 8.91. The summed E-state index contributed by atoms with van der Waals surface area (Å²) in [5.74, 6) is -0.209. The maximum Gasteiger partial charge on any atom is 0.338 e. The molecule has 3 aromatic rings. The van der Waals surface area contributed by atoms with E-state index in [1.807, 2.05) is 42.5 Å². The number of ether oxygens (including phenoxy) is 2. The maximum absolute atomic E-state index is 12.5. The van der Waals surface area contributed by atoms with Crippen molar-refractivity contribution >= 4 is 39.9 Å². The van der Waals surface area contributed by atoms with Gasteiger partial charge in [0.25, 0.3) is 5.91 Å². The highest BCUT2D eigenvalue weighted by molar-refractivity contribution is 6.34. The molecule has 0 aliphatic rings. The van der Waals surface area contributed by atoms with Crippen LogP contribution in [0.25, 0.3) is 10.8 Å². The zero-order chi connectivity index (χ0) is 20.1. The maximum atomic E-state index is 12.5. The number of carbonyl (C=O) groups is 2. The van der Waals surface area contributed by atoms with E-state index in [-0.39, 0.29) is 17.5 Å². The number of nitrogens with one attached hydrogen (secondary N) is 1. The van der Waals surface area contributed by atoms with Crippen molar-refractivity contribution in [1.82, 2.24) is 0 Å². The van der Waals surface area contributed by atoms with E-state index in [2.05, 4.69) is 5.32 Å². The first-order chi connectivity index (χ1) is 13.5. The molecular formula is C22H20ClNO4. The Morgan fingerprint density at radius 2 is 1.79 bits per heavy atom. The Kier molecular flexibility index (Phi) is 6.16. The smallest absolute Gasteiger partial charge is 0.338 e. The van der Waals surface area contributed by atoms with E-state index < -0.39 is 12.1 Å². The van der Waals surface area contributed by atoms with Crippen molar-refractivity contribution < 1.29 is 19.1 Å². The van der Waals surface area contributed by atoms with E-state index >= 15 is 0 Å². The molecule has 1 atom stereocenters. The highest BCUT2D eigenvalue weighted by Gasteiger charge is 2.17. The average molecular weight is 398 g/mol. The van der Waals surface area contributed by atoms with Crippen molar-refractivity contribution in [1.29, 1.82) is 0 Å². The predicted molar refractivity (Wildman–Crippen MR) is 110 cm³/mol. The van der Waals surface area contributed by atoms with Crippen LogP contribution in [0.4, 0.5) is 5.69 Å². The summed E-state index contributed by atoms with van der Waals surface area (Å²) in [6.07, 6.45) is -0.734. The predicted octanol–water partition coefficient (Wildman–Crippen LogP) is 5.08. The molecule has 3 aromatic carbocycles. The summed E-state index contributed by atoms with van der Waals surface area (Å²) in [6.45, 7) is 3.66. The number of carbonyl (C=O) groups excluding carboxylic acids is 2. The highest BCUT2D eigenvalue weighted by Crippen LogP contribution is 2.25. The van der Waals surface area contributed by atoms with Gasteiger partial charge in [-0.2, -0.15) is 0 Å². The number of hydrogen-bond acceptors (Lipinski definition) is 4. The van der Waals surface area contributed by atoms with Crippen LogP contribution in [-0.4, -0.2) is 24.6 Å². The minimum absolute atomic E-state index is 0.247. The molecule has 0 saturated carbocycles. The third kappa shape index (κ3) is 4.61. The summed E-state index contributed by atoms with van der Waals surface area (Å²) in [4.78, 5) is 24.2. The van der Waals surface area contributed by atoms with Gasteiger partial charge < -0.3 is 14.8 Å². The van der Waals surface area contributed by atoms with Crippen LogP contribution in [0, 0.1) is 0 Å². The van der Waals surface area contributed by atoms with Crippen LogP contribution in [0.5, 0.6) is 5.75 Å². The molecule has 0 bridgehead atoms. The van der Waals surface area contributed by atoms with Gasteiger partial charge in [0.1, 0.15) is 5.75 Å². The summed E-state index contributed by atoms with van der Waals surface area (Å²) < 4.78 is 10.7. The Hall–Kier alpha value is -3.05. The molecule has 0 unspecified atom stereocenters. The van der Waals surface area contributed by atoms with Crippen molar-refractivity contribution in [3.8, 4) is 5.75 Å². The summed E-state index contributed by atoms with van der Waals surface area (Å²) in [5.41, 5.74) is 0.721. The Morgan fingerprint density at radius 3 is 2.50 bits per heavy atom. The van der Waals surface area contributed by atoms with E-state index in [0.29, 0.717) is 17.0 Å². The molecule has 0 spiro atoms. The van der Waals surface area contributed by atoms with Crippen LogP contribution in [0.1, 0.15) is 24.2 Å². The minimum atomic E-state index is -0.734. The fourth-order valence-corrected chi connectivity index (χ4v) is 2.92. The van der Waals surface area contributed by atoms with Crippen LogP contribution >= 0.6 is 11.6 Å². The van der Waals surface area contributed by atoms with E-state index in [1.165, 1.54) is 6.07 Å². The quantitative estimate of drug-likeness (QED) is 0.589. The van der Waals surface area contributed by atoms with Gasteiger partial charge in [-0.25, -0.2) is 4.79 Å². The van der Waals surface area contributed by atoms with Gasteiger partial charge in [0, 0.05) is 0 Å². The first kappa shape index (κ1) is 19.7. The number of fused-ring (bicyclic) bond motifs is 1. The molecule has 0 aromatic heterocycles. The number of rotatable bonds is 6. The minimum Gasteiger partial charge on any atom is -0.481 e. The van der Waals surface area contributed by atoms with Crippen LogP contribution < -0.4 is 10.1 Å². The lowest BCUT2D eigenvalue weighted by Gasteiger charge is -2.16. The highest BCUT2D eigenvalue weighted by atomic mass is 35.5.